The molecular weight excluding hydrogens is 254 g/mol. The van der Waals surface area contributed by atoms with Gasteiger partial charge in [0.15, 0.2) is 0 Å². The number of rotatable bonds is 5. The van der Waals surface area contributed by atoms with Crippen LogP contribution < -0.4 is 11.2 Å². The summed E-state index contributed by atoms with van der Waals surface area (Å²) in [5, 5.41) is 10.9. The van der Waals surface area contributed by atoms with Gasteiger partial charge in [-0.3, -0.25) is 4.79 Å². The van der Waals surface area contributed by atoms with Crippen LogP contribution in [0, 0.1) is 6.92 Å². The number of nitrogen functional groups attached to an aromatic ring is 1. The number of aromatic nitrogens is 3. The van der Waals surface area contributed by atoms with E-state index < -0.39 is 0 Å². The molecule has 2 rings (SSSR count). The third kappa shape index (κ3) is 3.04. The van der Waals surface area contributed by atoms with Crippen LogP contribution in [0.1, 0.15) is 11.6 Å². The van der Waals surface area contributed by atoms with Gasteiger partial charge in [-0.15, -0.1) is 10.2 Å². The second-order valence-electron chi connectivity index (χ2n) is 3.54. The maximum Gasteiger partial charge on any atom is 0.230 e. The van der Waals surface area contributed by atoms with Gasteiger partial charge < -0.3 is 15.6 Å². The van der Waals surface area contributed by atoms with Gasteiger partial charge in [0.1, 0.15) is 11.6 Å². The fourth-order valence-electron chi connectivity index (χ4n) is 1.23. The van der Waals surface area contributed by atoms with Crippen molar-refractivity contribution in [3.8, 4) is 0 Å². The molecule has 8 heteroatoms. The van der Waals surface area contributed by atoms with E-state index in [1.165, 1.54) is 16.4 Å². The summed E-state index contributed by atoms with van der Waals surface area (Å²) in [6.07, 6.45) is 1.57. The van der Waals surface area contributed by atoms with E-state index >= 15 is 0 Å². The van der Waals surface area contributed by atoms with Crippen LogP contribution >= 0.6 is 11.8 Å². The average molecular weight is 267 g/mol. The van der Waals surface area contributed by atoms with Crippen LogP contribution in [0.5, 0.6) is 0 Å². The molecule has 2 heterocycles. The van der Waals surface area contributed by atoms with E-state index in [1.807, 2.05) is 0 Å². The molecule has 96 valence electrons. The second-order valence-corrected chi connectivity index (χ2v) is 4.49. The first kappa shape index (κ1) is 12.5. The van der Waals surface area contributed by atoms with Gasteiger partial charge in [0.2, 0.25) is 11.1 Å². The van der Waals surface area contributed by atoms with Crippen molar-refractivity contribution in [2.24, 2.45) is 0 Å². The fraction of sp³-hybridized carbons (Fsp3) is 0.300. The molecule has 2 aromatic rings. The van der Waals surface area contributed by atoms with Crippen LogP contribution in [0.15, 0.2) is 28.0 Å². The van der Waals surface area contributed by atoms with Crippen molar-refractivity contribution in [2.45, 2.75) is 18.6 Å². The molecule has 0 radical (unpaired) electrons. The van der Waals surface area contributed by atoms with Crippen LogP contribution in [0.2, 0.25) is 0 Å². The number of thioether (sulfide) groups is 1. The molecule has 18 heavy (non-hydrogen) atoms. The molecule has 0 fully saturated rings. The lowest BCUT2D eigenvalue weighted by atomic mass is 10.4. The van der Waals surface area contributed by atoms with Crippen molar-refractivity contribution in [3.63, 3.8) is 0 Å². The number of nitrogens with one attached hydrogen (secondary N) is 1. The Morgan fingerprint density at radius 2 is 2.44 bits per heavy atom. The number of nitrogens with two attached hydrogens (primary N) is 1. The van der Waals surface area contributed by atoms with Crippen molar-refractivity contribution in [1.82, 2.24) is 20.2 Å². The minimum absolute atomic E-state index is 0.114. The Balaban J connectivity index is 1.76. The molecule has 0 unspecified atom stereocenters. The molecule has 7 nitrogen and oxygen atoms in total. The Morgan fingerprint density at radius 3 is 3.06 bits per heavy atom. The molecule has 0 bridgehead atoms. The van der Waals surface area contributed by atoms with Gasteiger partial charge in [0, 0.05) is 0 Å². The zero-order chi connectivity index (χ0) is 13.0. The zero-order valence-electron chi connectivity index (χ0n) is 9.79. The second kappa shape index (κ2) is 5.58. The topological polar surface area (TPSA) is 99.0 Å². The number of carbonyl (C=O) groups is 1. The first-order chi connectivity index (χ1) is 8.66. The molecule has 0 saturated heterocycles. The zero-order valence-corrected chi connectivity index (χ0v) is 10.6. The summed E-state index contributed by atoms with van der Waals surface area (Å²) in [5.41, 5.74) is 0. The van der Waals surface area contributed by atoms with Crippen molar-refractivity contribution < 1.29 is 9.21 Å². The molecular formula is C10H13N5O2S. The van der Waals surface area contributed by atoms with E-state index in [-0.39, 0.29) is 11.7 Å². The average Bonchev–Trinajstić information content (AvgIpc) is 2.97. The number of nitrogens with zero attached hydrogens (tertiary/aromatic N) is 3. The highest BCUT2D eigenvalue weighted by Gasteiger charge is 2.09. The Kier molecular flexibility index (Phi) is 3.88. The maximum atomic E-state index is 11.6. The number of aryl methyl sites for hydroxylation is 1. The number of hydrogen-bond donors (Lipinski definition) is 2. The lowest BCUT2D eigenvalue weighted by molar-refractivity contribution is -0.118. The minimum atomic E-state index is -0.114. The van der Waals surface area contributed by atoms with Crippen molar-refractivity contribution >= 4 is 17.7 Å². The fourth-order valence-corrected chi connectivity index (χ4v) is 1.96. The number of amides is 1. The van der Waals surface area contributed by atoms with Gasteiger partial charge in [0.05, 0.1) is 18.6 Å². The molecule has 0 aliphatic heterocycles. The summed E-state index contributed by atoms with van der Waals surface area (Å²) in [7, 11) is 0. The first-order valence-electron chi connectivity index (χ1n) is 5.26. The third-order valence-electron chi connectivity index (χ3n) is 2.21. The summed E-state index contributed by atoms with van der Waals surface area (Å²) in [4.78, 5) is 11.6. The Morgan fingerprint density at radius 1 is 1.61 bits per heavy atom. The number of hydrogen-bond acceptors (Lipinski definition) is 6. The lowest BCUT2D eigenvalue weighted by Crippen LogP contribution is -2.24. The third-order valence-corrected chi connectivity index (χ3v) is 3.15. The highest BCUT2D eigenvalue weighted by Crippen LogP contribution is 2.13. The van der Waals surface area contributed by atoms with Crippen LogP contribution in [0.25, 0.3) is 0 Å². The van der Waals surface area contributed by atoms with Crippen LogP contribution in [0.4, 0.5) is 0 Å². The summed E-state index contributed by atoms with van der Waals surface area (Å²) in [5.74, 6) is 7.10. The predicted octanol–water partition coefficient (Wildman–Crippen LogP) is 0.302. The van der Waals surface area contributed by atoms with Gasteiger partial charge in [-0.2, -0.15) is 0 Å². The summed E-state index contributed by atoms with van der Waals surface area (Å²) < 4.78 is 6.45. The summed E-state index contributed by atoms with van der Waals surface area (Å²) in [6, 6.07) is 3.57. The van der Waals surface area contributed by atoms with E-state index in [4.69, 9.17) is 10.3 Å². The number of carbonyl (C=O) groups excluding carboxylic acids is 1. The highest BCUT2D eigenvalue weighted by atomic mass is 32.2. The molecule has 0 atom stereocenters. The van der Waals surface area contributed by atoms with Gasteiger partial charge >= 0.3 is 0 Å². The minimum Gasteiger partial charge on any atom is -0.467 e. The van der Waals surface area contributed by atoms with Crippen molar-refractivity contribution in [3.05, 3.63) is 30.0 Å². The molecule has 2 aromatic heterocycles. The van der Waals surface area contributed by atoms with E-state index in [0.29, 0.717) is 23.3 Å². The lowest BCUT2D eigenvalue weighted by Gasteiger charge is -2.03. The van der Waals surface area contributed by atoms with Gasteiger partial charge in [0.25, 0.3) is 0 Å². The molecule has 0 saturated carbocycles. The van der Waals surface area contributed by atoms with Crippen LogP contribution in [0.3, 0.4) is 0 Å². The number of furan rings is 1. The smallest absolute Gasteiger partial charge is 0.230 e. The van der Waals surface area contributed by atoms with Gasteiger partial charge in [-0.1, -0.05) is 11.8 Å². The van der Waals surface area contributed by atoms with E-state index in [9.17, 15) is 4.79 Å². The van der Waals surface area contributed by atoms with Crippen LogP contribution in [-0.4, -0.2) is 26.5 Å². The van der Waals surface area contributed by atoms with Gasteiger partial charge in [-0.25, -0.2) is 4.68 Å². The standard InChI is InChI=1S/C10H13N5O2S/c1-7-13-14-10(15(7)11)18-6-9(16)12-5-8-3-2-4-17-8/h2-4H,5-6,11H2,1H3,(H,12,16). The molecule has 1 amide bonds. The molecule has 0 spiro atoms. The van der Waals surface area contributed by atoms with E-state index in [0.717, 1.165) is 0 Å². The Labute approximate surface area is 108 Å². The SMILES string of the molecule is Cc1nnc(SCC(=O)NCc2ccco2)n1N. The molecule has 3 N–H and O–H groups in total. The Hall–Kier alpha value is -1.96. The monoisotopic (exact) mass is 267 g/mol. The van der Waals surface area contributed by atoms with Crippen molar-refractivity contribution in [2.75, 3.05) is 11.6 Å². The predicted molar refractivity (Wildman–Crippen MR) is 66.2 cm³/mol. The van der Waals surface area contributed by atoms with E-state index in [2.05, 4.69) is 15.5 Å². The largest absolute Gasteiger partial charge is 0.467 e. The highest BCUT2D eigenvalue weighted by molar-refractivity contribution is 7.99. The Bertz CT molecular complexity index is 522. The van der Waals surface area contributed by atoms with E-state index in [1.54, 1.807) is 25.3 Å². The van der Waals surface area contributed by atoms with Gasteiger partial charge in [-0.05, 0) is 19.1 Å². The summed E-state index contributed by atoms with van der Waals surface area (Å²) in [6.45, 7) is 2.12. The quantitative estimate of drug-likeness (QED) is 0.597. The maximum absolute atomic E-state index is 11.6. The molecule has 0 aliphatic rings. The summed E-state index contributed by atoms with van der Waals surface area (Å²) >= 11 is 1.23. The molecule has 0 aromatic carbocycles. The van der Waals surface area contributed by atoms with Crippen molar-refractivity contribution in [1.29, 1.82) is 0 Å². The first-order valence-corrected chi connectivity index (χ1v) is 6.24. The normalized spacial score (nSPS) is 10.5. The molecule has 0 aliphatic carbocycles. The van der Waals surface area contributed by atoms with Crippen LogP contribution in [-0.2, 0) is 11.3 Å².